The fraction of sp³-hybridized carbons (Fsp3) is 0.333. The Bertz CT molecular complexity index is 268. The average molecular weight is 165 g/mol. The molecule has 0 aromatic carbocycles. The molecule has 0 aromatic rings. The predicted molar refractivity (Wildman–Crippen MR) is 45.3 cm³/mol. The molecule has 3 heteroatoms. The van der Waals surface area contributed by atoms with Crippen molar-refractivity contribution in [3.63, 3.8) is 0 Å². The maximum Gasteiger partial charge on any atom is 0.230 e. The number of likely N-dealkylation sites (tertiary alicyclic amines) is 1. The van der Waals surface area contributed by atoms with Crippen molar-refractivity contribution in [1.29, 1.82) is 0 Å². The fourth-order valence-electron chi connectivity index (χ4n) is 1.20. The Hall–Kier alpha value is -1.38. The molecule has 0 aliphatic carbocycles. The fourth-order valence-corrected chi connectivity index (χ4v) is 1.20. The number of Topliss-reactive ketones (excluding diaryl/α,β-unsaturated/α-hetero) is 1. The zero-order valence-corrected chi connectivity index (χ0v) is 7.04. The smallest absolute Gasteiger partial charge is 0.230 e. The summed E-state index contributed by atoms with van der Waals surface area (Å²) in [6.45, 7) is 8.57. The van der Waals surface area contributed by atoms with Crippen LogP contribution in [0.5, 0.6) is 0 Å². The van der Waals surface area contributed by atoms with Gasteiger partial charge in [-0.2, -0.15) is 0 Å². The zero-order chi connectivity index (χ0) is 9.30. The molecule has 1 heterocycles. The minimum Gasteiger partial charge on any atom is -0.302 e. The van der Waals surface area contributed by atoms with E-state index in [4.69, 9.17) is 0 Å². The van der Waals surface area contributed by atoms with E-state index in [2.05, 4.69) is 13.2 Å². The highest BCUT2D eigenvalue weighted by molar-refractivity contribution is 5.98. The van der Waals surface area contributed by atoms with Crippen LogP contribution in [-0.2, 0) is 9.59 Å². The van der Waals surface area contributed by atoms with Gasteiger partial charge in [0.25, 0.3) is 0 Å². The van der Waals surface area contributed by atoms with Gasteiger partial charge in [0, 0.05) is 5.70 Å². The maximum absolute atomic E-state index is 11.0. The largest absolute Gasteiger partial charge is 0.302 e. The van der Waals surface area contributed by atoms with Gasteiger partial charge in [0.2, 0.25) is 5.91 Å². The van der Waals surface area contributed by atoms with Crippen molar-refractivity contribution in [3.05, 3.63) is 24.9 Å². The summed E-state index contributed by atoms with van der Waals surface area (Å²) in [6.07, 6.45) is 1.79. The van der Waals surface area contributed by atoms with E-state index in [1.54, 1.807) is 0 Å². The van der Waals surface area contributed by atoms with Crippen molar-refractivity contribution >= 4 is 11.7 Å². The van der Waals surface area contributed by atoms with E-state index < -0.39 is 0 Å². The third kappa shape index (κ3) is 1.18. The molecule has 0 spiro atoms. The standard InChI is InChI=1S/C9H11NO2/c1-4-6(2)10-8(7(3)11)5-9(10)12/h4,8H,1-2,5H2,3H3. The monoisotopic (exact) mass is 165 g/mol. The number of rotatable bonds is 3. The minimum absolute atomic E-state index is 0.00222. The Kier molecular flexibility index (Phi) is 2.13. The quantitative estimate of drug-likeness (QED) is 0.459. The number of amides is 1. The van der Waals surface area contributed by atoms with Crippen LogP contribution in [0.25, 0.3) is 0 Å². The van der Waals surface area contributed by atoms with Crippen LogP contribution in [-0.4, -0.2) is 22.6 Å². The lowest BCUT2D eigenvalue weighted by Crippen LogP contribution is -2.54. The molecule has 1 fully saturated rings. The summed E-state index contributed by atoms with van der Waals surface area (Å²) in [6, 6.07) is -0.303. The number of ketones is 1. The number of hydrogen-bond acceptors (Lipinski definition) is 2. The van der Waals surface area contributed by atoms with E-state index in [1.807, 2.05) is 0 Å². The van der Waals surface area contributed by atoms with Gasteiger partial charge in [0.1, 0.15) is 6.04 Å². The van der Waals surface area contributed by atoms with Crippen LogP contribution < -0.4 is 0 Å². The highest BCUT2D eigenvalue weighted by Crippen LogP contribution is 2.24. The Morgan fingerprint density at radius 2 is 2.33 bits per heavy atom. The van der Waals surface area contributed by atoms with Crippen molar-refractivity contribution in [1.82, 2.24) is 4.90 Å². The van der Waals surface area contributed by atoms with Crippen molar-refractivity contribution in [3.8, 4) is 0 Å². The molecule has 3 nitrogen and oxygen atoms in total. The highest BCUT2D eigenvalue weighted by Gasteiger charge is 2.39. The maximum atomic E-state index is 11.0. The summed E-state index contributed by atoms with van der Waals surface area (Å²) in [5.74, 6) is -0.0577. The first kappa shape index (κ1) is 8.71. The van der Waals surface area contributed by atoms with Crippen LogP contribution in [0.3, 0.4) is 0 Å². The van der Waals surface area contributed by atoms with Crippen LogP contribution in [0, 0.1) is 0 Å². The van der Waals surface area contributed by atoms with Crippen LogP contribution >= 0.6 is 0 Å². The van der Waals surface area contributed by atoms with Crippen molar-refractivity contribution in [2.75, 3.05) is 0 Å². The second-order valence-electron chi connectivity index (χ2n) is 2.79. The molecular formula is C9H11NO2. The molecule has 0 saturated carbocycles. The number of allylic oxidation sites excluding steroid dienone is 1. The van der Waals surface area contributed by atoms with E-state index in [1.165, 1.54) is 17.9 Å². The molecule has 64 valence electrons. The first-order chi connectivity index (χ1) is 5.57. The summed E-state index contributed by atoms with van der Waals surface area (Å²) < 4.78 is 0. The van der Waals surface area contributed by atoms with Gasteiger partial charge in [0.05, 0.1) is 6.42 Å². The number of hydrogen-bond donors (Lipinski definition) is 0. The summed E-state index contributed by atoms with van der Waals surface area (Å²) in [5, 5.41) is 0. The molecule has 1 saturated heterocycles. The predicted octanol–water partition coefficient (Wildman–Crippen LogP) is 0.876. The molecule has 0 N–H and O–H groups in total. The van der Waals surface area contributed by atoms with E-state index >= 15 is 0 Å². The first-order valence-corrected chi connectivity index (χ1v) is 3.71. The molecule has 0 aromatic heterocycles. The van der Waals surface area contributed by atoms with Crippen molar-refractivity contribution < 1.29 is 9.59 Å². The Labute approximate surface area is 71.4 Å². The minimum atomic E-state index is -0.303. The summed E-state index contributed by atoms with van der Waals surface area (Å²) >= 11 is 0. The Balaban J connectivity index is 2.74. The van der Waals surface area contributed by atoms with Gasteiger partial charge >= 0.3 is 0 Å². The lowest BCUT2D eigenvalue weighted by atomic mass is 9.97. The van der Waals surface area contributed by atoms with E-state index in [9.17, 15) is 9.59 Å². The normalized spacial score (nSPS) is 21.6. The van der Waals surface area contributed by atoms with Gasteiger partial charge in [-0.05, 0) is 13.0 Å². The van der Waals surface area contributed by atoms with E-state index in [0.29, 0.717) is 12.1 Å². The molecule has 1 unspecified atom stereocenters. The topological polar surface area (TPSA) is 37.4 Å². The van der Waals surface area contributed by atoms with Crippen LogP contribution in [0.15, 0.2) is 24.9 Å². The van der Waals surface area contributed by atoms with Gasteiger partial charge in [-0.25, -0.2) is 0 Å². The SMILES string of the molecule is C=CC(=C)N1C(=O)CC1C(C)=O. The Morgan fingerprint density at radius 3 is 2.67 bits per heavy atom. The average Bonchev–Trinajstić information content (AvgIpc) is 1.99. The molecule has 1 aliphatic heterocycles. The first-order valence-electron chi connectivity index (χ1n) is 3.71. The Morgan fingerprint density at radius 1 is 1.75 bits per heavy atom. The summed E-state index contributed by atoms with van der Waals surface area (Å²) in [5.41, 5.74) is 0.506. The lowest BCUT2D eigenvalue weighted by Gasteiger charge is -2.38. The second kappa shape index (κ2) is 2.93. The zero-order valence-electron chi connectivity index (χ0n) is 7.04. The molecular weight excluding hydrogens is 154 g/mol. The lowest BCUT2D eigenvalue weighted by molar-refractivity contribution is -0.148. The summed E-state index contributed by atoms with van der Waals surface area (Å²) in [4.78, 5) is 23.3. The number of nitrogens with zero attached hydrogens (tertiary/aromatic N) is 1. The number of carbonyl (C=O) groups excluding carboxylic acids is 2. The third-order valence-electron chi connectivity index (χ3n) is 1.96. The van der Waals surface area contributed by atoms with Gasteiger partial charge < -0.3 is 4.90 Å². The number of carbonyl (C=O) groups is 2. The summed E-state index contributed by atoms with van der Waals surface area (Å²) in [7, 11) is 0. The molecule has 0 bridgehead atoms. The molecule has 1 amide bonds. The molecule has 1 aliphatic rings. The van der Waals surface area contributed by atoms with Crippen molar-refractivity contribution in [2.45, 2.75) is 19.4 Å². The molecule has 12 heavy (non-hydrogen) atoms. The molecule has 1 atom stereocenters. The van der Waals surface area contributed by atoms with Crippen LogP contribution in [0.2, 0.25) is 0 Å². The van der Waals surface area contributed by atoms with Gasteiger partial charge in [0.15, 0.2) is 5.78 Å². The van der Waals surface area contributed by atoms with Gasteiger partial charge in [-0.3, -0.25) is 9.59 Å². The van der Waals surface area contributed by atoms with E-state index in [0.717, 1.165) is 0 Å². The van der Waals surface area contributed by atoms with E-state index in [-0.39, 0.29) is 17.7 Å². The third-order valence-corrected chi connectivity index (χ3v) is 1.96. The van der Waals surface area contributed by atoms with Gasteiger partial charge in [-0.15, -0.1) is 0 Å². The van der Waals surface area contributed by atoms with Crippen LogP contribution in [0.1, 0.15) is 13.3 Å². The molecule has 1 rings (SSSR count). The van der Waals surface area contributed by atoms with Crippen LogP contribution in [0.4, 0.5) is 0 Å². The highest BCUT2D eigenvalue weighted by atomic mass is 16.2. The number of β-lactam (4-membered cyclic amide) rings is 1. The van der Waals surface area contributed by atoms with Crippen molar-refractivity contribution in [2.24, 2.45) is 0 Å². The second-order valence-corrected chi connectivity index (χ2v) is 2.79. The molecule has 0 radical (unpaired) electrons. The van der Waals surface area contributed by atoms with Gasteiger partial charge in [-0.1, -0.05) is 13.2 Å².